The van der Waals surface area contributed by atoms with Crippen molar-refractivity contribution in [1.29, 1.82) is 0 Å². The minimum absolute atomic E-state index is 0.0274. The van der Waals surface area contributed by atoms with Crippen LogP contribution in [0.15, 0.2) is 36.4 Å². The van der Waals surface area contributed by atoms with Gasteiger partial charge in [-0.25, -0.2) is 4.79 Å². The molecular weight excluding hydrogens is 436 g/mol. The number of amides is 2. The van der Waals surface area contributed by atoms with E-state index in [0.717, 1.165) is 60.3 Å². The van der Waals surface area contributed by atoms with Gasteiger partial charge in [0.05, 0.1) is 20.8 Å². The number of carbonyl (C=O) groups excluding carboxylic acids is 1. The summed E-state index contributed by atoms with van der Waals surface area (Å²) in [5.74, 6) is 2.09. The third-order valence-corrected chi connectivity index (χ3v) is 5.98. The van der Waals surface area contributed by atoms with Crippen LogP contribution < -0.4 is 14.8 Å². The predicted octanol–water partition coefficient (Wildman–Crippen LogP) is 7.18. The number of hydrogen-bond acceptors (Lipinski definition) is 3. The van der Waals surface area contributed by atoms with Crippen LogP contribution in [0.3, 0.4) is 0 Å². The van der Waals surface area contributed by atoms with Gasteiger partial charge in [-0.15, -0.1) is 0 Å². The van der Waals surface area contributed by atoms with Gasteiger partial charge < -0.3 is 19.7 Å². The summed E-state index contributed by atoms with van der Waals surface area (Å²) in [5, 5.41) is 3.07. The number of benzene rings is 2. The minimum Gasteiger partial charge on any atom is -0.497 e. The molecule has 0 bridgehead atoms. The molecule has 0 aromatic heterocycles. The monoisotopic (exact) mass is 480 g/mol. The van der Waals surface area contributed by atoms with E-state index in [2.05, 4.69) is 69.4 Å². The Morgan fingerprint density at radius 3 is 2.31 bits per heavy atom. The lowest BCUT2D eigenvalue weighted by Crippen LogP contribution is -2.40. The molecule has 0 aliphatic rings. The maximum Gasteiger partial charge on any atom is 0.317 e. The normalized spacial score (nSPS) is 11.2. The molecule has 0 saturated heterocycles. The van der Waals surface area contributed by atoms with Crippen molar-refractivity contribution in [2.75, 3.05) is 27.3 Å². The molecule has 5 nitrogen and oxygen atoms in total. The van der Waals surface area contributed by atoms with Gasteiger partial charge in [-0.2, -0.15) is 0 Å². The Labute approximate surface area is 212 Å². The van der Waals surface area contributed by atoms with Gasteiger partial charge in [0.1, 0.15) is 11.5 Å². The SMILES string of the molecule is CCCCNC(=O)N(CCCC)Cc1c(/C=C/c2ccc(CC(C)C)cc2)cc(OC)cc1OC. The van der Waals surface area contributed by atoms with E-state index in [4.69, 9.17) is 9.47 Å². The summed E-state index contributed by atoms with van der Waals surface area (Å²) < 4.78 is 11.3. The van der Waals surface area contributed by atoms with Crippen LogP contribution >= 0.6 is 0 Å². The molecule has 1 N–H and O–H groups in total. The maximum absolute atomic E-state index is 13.0. The van der Waals surface area contributed by atoms with Crippen LogP contribution in [0.2, 0.25) is 0 Å². The second-order valence-corrected chi connectivity index (χ2v) is 9.43. The molecule has 192 valence electrons. The van der Waals surface area contributed by atoms with Crippen LogP contribution in [0.25, 0.3) is 12.2 Å². The molecule has 0 fully saturated rings. The number of rotatable bonds is 14. The molecule has 5 heteroatoms. The van der Waals surface area contributed by atoms with E-state index in [1.54, 1.807) is 14.2 Å². The summed E-state index contributed by atoms with van der Waals surface area (Å²) >= 11 is 0. The van der Waals surface area contributed by atoms with Crippen molar-refractivity contribution < 1.29 is 14.3 Å². The van der Waals surface area contributed by atoms with Gasteiger partial charge >= 0.3 is 6.03 Å². The summed E-state index contributed by atoms with van der Waals surface area (Å²) in [6.45, 7) is 10.6. The van der Waals surface area contributed by atoms with Gasteiger partial charge in [0.15, 0.2) is 0 Å². The Hall–Kier alpha value is -2.95. The van der Waals surface area contributed by atoms with Crippen molar-refractivity contribution in [3.05, 3.63) is 58.7 Å². The number of hydrogen-bond donors (Lipinski definition) is 1. The standard InChI is InChI=1S/C30H44N2O3/c1-7-9-17-31-30(33)32(18-10-8-2)22-28-26(20-27(34-5)21-29(28)35-6)16-15-24-11-13-25(14-12-24)19-23(3)4/h11-16,20-21,23H,7-10,17-19,22H2,1-6H3,(H,31,33)/b16-15+. The van der Waals surface area contributed by atoms with E-state index in [9.17, 15) is 4.79 Å². The summed E-state index contributed by atoms with van der Waals surface area (Å²) in [5.41, 5.74) is 4.44. The number of nitrogens with zero attached hydrogens (tertiary/aromatic N) is 1. The van der Waals surface area contributed by atoms with E-state index < -0.39 is 0 Å². The number of urea groups is 1. The zero-order chi connectivity index (χ0) is 25.6. The van der Waals surface area contributed by atoms with Gasteiger partial charge in [-0.1, -0.05) is 77.0 Å². The third kappa shape index (κ3) is 9.31. The van der Waals surface area contributed by atoms with Crippen molar-refractivity contribution in [2.24, 2.45) is 5.92 Å². The van der Waals surface area contributed by atoms with Crippen LogP contribution in [0.5, 0.6) is 11.5 Å². The highest BCUT2D eigenvalue weighted by Gasteiger charge is 2.19. The highest BCUT2D eigenvalue weighted by atomic mass is 16.5. The molecular formula is C30H44N2O3. The van der Waals surface area contributed by atoms with Crippen LogP contribution in [0, 0.1) is 5.92 Å². The van der Waals surface area contributed by atoms with Gasteiger partial charge in [0, 0.05) is 24.7 Å². The Balaban J connectivity index is 2.36. The molecule has 35 heavy (non-hydrogen) atoms. The Morgan fingerprint density at radius 2 is 1.71 bits per heavy atom. The molecule has 0 aliphatic carbocycles. The lowest BCUT2D eigenvalue weighted by atomic mass is 10.0. The van der Waals surface area contributed by atoms with Gasteiger partial charge in [0.25, 0.3) is 0 Å². The Bertz CT molecular complexity index is 935. The number of methoxy groups -OCH3 is 2. The van der Waals surface area contributed by atoms with Crippen LogP contribution in [-0.2, 0) is 13.0 Å². The summed E-state index contributed by atoms with van der Waals surface area (Å²) in [6, 6.07) is 12.6. The van der Waals surface area contributed by atoms with Crippen LogP contribution in [0.1, 0.15) is 75.6 Å². The third-order valence-electron chi connectivity index (χ3n) is 5.98. The molecule has 2 amide bonds. The second kappa shape index (κ2) is 15.1. The zero-order valence-electron chi connectivity index (χ0n) is 22.5. The first kappa shape index (κ1) is 28.3. The fourth-order valence-electron chi connectivity index (χ4n) is 3.96. The second-order valence-electron chi connectivity index (χ2n) is 9.43. The molecule has 0 unspecified atom stereocenters. The highest BCUT2D eigenvalue weighted by molar-refractivity contribution is 5.76. The van der Waals surface area contributed by atoms with E-state index in [1.165, 1.54) is 5.56 Å². The van der Waals surface area contributed by atoms with Gasteiger partial charge in [0.2, 0.25) is 0 Å². The average molecular weight is 481 g/mol. The number of unbranched alkanes of at least 4 members (excludes halogenated alkanes) is 2. The van der Waals surface area contributed by atoms with Gasteiger partial charge in [-0.3, -0.25) is 0 Å². The molecule has 2 rings (SSSR count). The molecule has 0 aliphatic heterocycles. The quantitative estimate of drug-likeness (QED) is 0.230. The first-order valence-electron chi connectivity index (χ1n) is 13.0. The van der Waals surface area contributed by atoms with E-state index in [0.29, 0.717) is 25.6 Å². The molecule has 2 aromatic rings. The summed E-state index contributed by atoms with van der Waals surface area (Å²) in [7, 11) is 3.32. The first-order valence-corrected chi connectivity index (χ1v) is 13.0. The van der Waals surface area contributed by atoms with Crippen molar-refractivity contribution in [3.8, 4) is 11.5 Å². The lowest BCUT2D eigenvalue weighted by Gasteiger charge is -2.25. The molecule has 0 radical (unpaired) electrons. The summed E-state index contributed by atoms with van der Waals surface area (Å²) in [4.78, 5) is 14.9. The topological polar surface area (TPSA) is 50.8 Å². The van der Waals surface area contributed by atoms with Crippen molar-refractivity contribution in [1.82, 2.24) is 10.2 Å². The Kier molecular flexibility index (Phi) is 12.2. The lowest BCUT2D eigenvalue weighted by molar-refractivity contribution is 0.193. The molecule has 2 aromatic carbocycles. The fourth-order valence-corrected chi connectivity index (χ4v) is 3.96. The highest BCUT2D eigenvalue weighted by Crippen LogP contribution is 2.31. The fraction of sp³-hybridized carbons (Fsp3) is 0.500. The van der Waals surface area contributed by atoms with Crippen LogP contribution in [0.4, 0.5) is 4.79 Å². The zero-order valence-corrected chi connectivity index (χ0v) is 22.5. The van der Waals surface area contributed by atoms with Gasteiger partial charge in [-0.05, 0) is 47.9 Å². The number of nitrogens with one attached hydrogen (secondary N) is 1. The van der Waals surface area contributed by atoms with Crippen LogP contribution in [-0.4, -0.2) is 38.2 Å². The molecule has 0 spiro atoms. The average Bonchev–Trinajstić information content (AvgIpc) is 2.85. The first-order chi connectivity index (χ1) is 16.9. The molecule has 0 saturated carbocycles. The number of ether oxygens (including phenoxy) is 2. The predicted molar refractivity (Wildman–Crippen MR) is 147 cm³/mol. The van der Waals surface area contributed by atoms with E-state index in [1.807, 2.05) is 17.0 Å². The van der Waals surface area contributed by atoms with E-state index >= 15 is 0 Å². The van der Waals surface area contributed by atoms with Crippen molar-refractivity contribution in [2.45, 2.75) is 66.3 Å². The summed E-state index contributed by atoms with van der Waals surface area (Å²) in [6.07, 6.45) is 9.28. The molecule has 0 heterocycles. The minimum atomic E-state index is -0.0274. The number of carbonyl (C=O) groups is 1. The Morgan fingerprint density at radius 1 is 1.00 bits per heavy atom. The largest absolute Gasteiger partial charge is 0.497 e. The smallest absolute Gasteiger partial charge is 0.317 e. The van der Waals surface area contributed by atoms with E-state index in [-0.39, 0.29) is 6.03 Å². The van der Waals surface area contributed by atoms with Crippen molar-refractivity contribution in [3.63, 3.8) is 0 Å². The van der Waals surface area contributed by atoms with Crippen molar-refractivity contribution >= 4 is 18.2 Å². The molecule has 0 atom stereocenters. The maximum atomic E-state index is 13.0.